The van der Waals surface area contributed by atoms with Crippen molar-refractivity contribution in [2.45, 2.75) is 0 Å². The molecule has 0 aliphatic rings. The zero-order chi connectivity index (χ0) is 41.4. The number of benzene rings is 8. The molecular formula is C57H36N6. The Morgan fingerprint density at radius 1 is 0.286 bits per heavy atom. The van der Waals surface area contributed by atoms with E-state index in [0.29, 0.717) is 5.95 Å². The summed E-state index contributed by atoms with van der Waals surface area (Å²) >= 11 is 0. The summed E-state index contributed by atoms with van der Waals surface area (Å²) in [5, 5.41) is 5.84. The van der Waals surface area contributed by atoms with E-state index in [1.165, 1.54) is 10.8 Å². The molecule has 0 unspecified atom stereocenters. The first-order valence-electron chi connectivity index (χ1n) is 21.3. The van der Waals surface area contributed by atoms with Crippen molar-refractivity contribution in [1.82, 2.24) is 28.7 Å². The first-order chi connectivity index (χ1) is 31.2. The predicted molar refractivity (Wildman–Crippen MR) is 259 cm³/mol. The number of nitrogens with zero attached hydrogens (tertiary/aromatic N) is 6. The lowest BCUT2D eigenvalue weighted by Gasteiger charge is -2.12. The highest BCUT2D eigenvalue weighted by atomic mass is 15.2. The maximum Gasteiger partial charge on any atom is 0.235 e. The number of fused-ring (bicyclic) bond motifs is 9. The van der Waals surface area contributed by atoms with E-state index in [0.717, 1.165) is 99.8 Å². The van der Waals surface area contributed by atoms with E-state index in [-0.39, 0.29) is 0 Å². The highest BCUT2D eigenvalue weighted by molar-refractivity contribution is 6.13. The molecule has 0 spiro atoms. The Balaban J connectivity index is 0.991. The van der Waals surface area contributed by atoms with Crippen molar-refractivity contribution in [2.24, 2.45) is 0 Å². The Kier molecular flexibility index (Phi) is 7.80. The molecule has 294 valence electrons. The van der Waals surface area contributed by atoms with Crippen molar-refractivity contribution in [2.75, 3.05) is 0 Å². The lowest BCUT2D eigenvalue weighted by molar-refractivity contribution is 0.995. The highest BCUT2D eigenvalue weighted by Gasteiger charge is 2.20. The minimum Gasteiger partial charge on any atom is -0.309 e. The van der Waals surface area contributed by atoms with Crippen LogP contribution in [0.5, 0.6) is 0 Å². The topological polar surface area (TPSA) is 53.5 Å². The smallest absolute Gasteiger partial charge is 0.235 e. The van der Waals surface area contributed by atoms with Gasteiger partial charge in [0.2, 0.25) is 5.95 Å². The van der Waals surface area contributed by atoms with E-state index >= 15 is 0 Å². The van der Waals surface area contributed by atoms with E-state index in [1.54, 1.807) is 0 Å². The fourth-order valence-corrected chi connectivity index (χ4v) is 9.66. The molecular weight excluding hydrogens is 769 g/mol. The molecule has 0 radical (unpaired) electrons. The van der Waals surface area contributed by atoms with E-state index in [1.807, 2.05) is 24.4 Å². The maximum absolute atomic E-state index is 5.24. The molecule has 0 atom stereocenters. The van der Waals surface area contributed by atoms with Gasteiger partial charge in [-0.3, -0.25) is 9.55 Å². The third-order valence-corrected chi connectivity index (χ3v) is 12.5. The first-order valence-corrected chi connectivity index (χ1v) is 21.3. The average Bonchev–Trinajstić information content (AvgIpc) is 3.99. The molecule has 0 aliphatic carbocycles. The molecule has 0 amide bonds. The van der Waals surface area contributed by atoms with Crippen LogP contribution in [-0.4, -0.2) is 28.7 Å². The van der Waals surface area contributed by atoms with Gasteiger partial charge in [-0.25, -0.2) is 9.97 Å². The van der Waals surface area contributed by atoms with Crippen molar-refractivity contribution in [3.63, 3.8) is 0 Å². The van der Waals surface area contributed by atoms with Gasteiger partial charge in [0.05, 0.1) is 50.0 Å². The van der Waals surface area contributed by atoms with Gasteiger partial charge in [-0.15, -0.1) is 0 Å². The summed E-state index contributed by atoms with van der Waals surface area (Å²) in [6.45, 7) is 0. The van der Waals surface area contributed by atoms with Crippen molar-refractivity contribution in [3.8, 4) is 51.0 Å². The molecule has 8 aromatic carbocycles. The number of para-hydroxylation sites is 3. The van der Waals surface area contributed by atoms with Gasteiger partial charge in [0.25, 0.3) is 0 Å². The van der Waals surface area contributed by atoms with Crippen LogP contribution in [0.1, 0.15) is 0 Å². The van der Waals surface area contributed by atoms with E-state index in [9.17, 15) is 0 Å². The zero-order valence-electron chi connectivity index (χ0n) is 34.0. The summed E-state index contributed by atoms with van der Waals surface area (Å²) in [5.41, 5.74) is 16.0. The lowest BCUT2D eigenvalue weighted by atomic mass is 10.0. The number of rotatable bonds is 6. The van der Waals surface area contributed by atoms with Crippen molar-refractivity contribution >= 4 is 65.5 Å². The van der Waals surface area contributed by atoms with Crippen LogP contribution in [0.2, 0.25) is 0 Å². The lowest BCUT2D eigenvalue weighted by Crippen LogP contribution is -2.03. The summed E-state index contributed by atoms with van der Waals surface area (Å²) in [6.07, 6.45) is 1.89. The average molecular weight is 805 g/mol. The fraction of sp³-hybridized carbons (Fsp3) is 0. The minimum atomic E-state index is 0.638. The molecule has 0 N–H and O–H groups in total. The Bertz CT molecular complexity index is 3840. The second-order valence-corrected chi connectivity index (χ2v) is 16.1. The molecule has 0 aliphatic heterocycles. The molecule has 13 rings (SSSR count). The van der Waals surface area contributed by atoms with Crippen LogP contribution >= 0.6 is 0 Å². The summed E-state index contributed by atoms with van der Waals surface area (Å²) in [5.74, 6) is 0.638. The van der Waals surface area contributed by atoms with E-state index in [4.69, 9.17) is 15.0 Å². The number of pyridine rings is 1. The molecule has 13 aromatic rings. The van der Waals surface area contributed by atoms with Gasteiger partial charge >= 0.3 is 0 Å². The summed E-state index contributed by atoms with van der Waals surface area (Å²) in [4.78, 5) is 15.4. The van der Waals surface area contributed by atoms with E-state index < -0.39 is 0 Å². The van der Waals surface area contributed by atoms with Gasteiger partial charge in [-0.2, -0.15) is 0 Å². The van der Waals surface area contributed by atoms with Gasteiger partial charge in [0.1, 0.15) is 0 Å². The molecule has 0 bridgehead atoms. The molecule has 63 heavy (non-hydrogen) atoms. The molecule has 5 aromatic heterocycles. The quantitative estimate of drug-likeness (QED) is 0.168. The van der Waals surface area contributed by atoms with Crippen LogP contribution in [0.25, 0.3) is 117 Å². The summed E-state index contributed by atoms with van der Waals surface area (Å²) in [7, 11) is 0. The van der Waals surface area contributed by atoms with Crippen LogP contribution in [0.3, 0.4) is 0 Å². The van der Waals surface area contributed by atoms with Crippen molar-refractivity contribution < 1.29 is 0 Å². The SMILES string of the molecule is c1ccc(-c2cc(-c3ccccc3)nc(-n3c4ccccc4c4cc(-c5ccc6c7ccccc7n(-c7ccc8c(c7)c7ncccc7n8-c7ccccc7)c6c5)ccc43)n2)cc1. The van der Waals surface area contributed by atoms with Crippen molar-refractivity contribution in [3.05, 3.63) is 219 Å². The Labute approximate surface area is 362 Å². The van der Waals surface area contributed by atoms with Crippen LogP contribution in [0.15, 0.2) is 219 Å². The second kappa shape index (κ2) is 14.0. The maximum atomic E-state index is 5.24. The Morgan fingerprint density at radius 3 is 1.54 bits per heavy atom. The van der Waals surface area contributed by atoms with Crippen LogP contribution < -0.4 is 0 Å². The third kappa shape index (κ3) is 5.55. The van der Waals surface area contributed by atoms with Crippen molar-refractivity contribution in [1.29, 1.82) is 0 Å². The van der Waals surface area contributed by atoms with Crippen LogP contribution in [-0.2, 0) is 0 Å². The van der Waals surface area contributed by atoms with Crippen LogP contribution in [0, 0.1) is 0 Å². The van der Waals surface area contributed by atoms with Gasteiger partial charge in [-0.1, -0.05) is 133 Å². The van der Waals surface area contributed by atoms with Gasteiger partial charge in [-0.05, 0) is 90.0 Å². The monoisotopic (exact) mass is 804 g/mol. The predicted octanol–water partition coefficient (Wildman–Crippen LogP) is 14.2. The fourth-order valence-electron chi connectivity index (χ4n) is 9.66. The Hall–Kier alpha value is -8.61. The standard InChI is InChI=1S/C57H36N6/c1-4-15-37(16-5-1)48-36-49(38-17-6-2-7-18-38)60-57(59-48)63-51-24-13-11-22-44(51)46-33-39(27-30-52(46)63)40-26-29-45-43-21-10-12-23-50(43)62(55(45)34-40)42-28-31-53-47(35-42)56-54(25-14-32-58-56)61(53)41-19-8-3-9-20-41/h1-36H. The molecule has 6 nitrogen and oxygen atoms in total. The third-order valence-electron chi connectivity index (χ3n) is 12.5. The number of hydrogen-bond donors (Lipinski definition) is 0. The minimum absolute atomic E-state index is 0.638. The number of hydrogen-bond acceptors (Lipinski definition) is 3. The van der Waals surface area contributed by atoms with Gasteiger partial charge in [0, 0.05) is 55.6 Å². The van der Waals surface area contributed by atoms with Crippen LogP contribution in [0.4, 0.5) is 0 Å². The first kappa shape index (κ1) is 35.2. The molecule has 0 saturated carbocycles. The number of aromatic nitrogens is 6. The molecule has 5 heterocycles. The van der Waals surface area contributed by atoms with Gasteiger partial charge in [0.15, 0.2) is 0 Å². The summed E-state index contributed by atoms with van der Waals surface area (Å²) < 4.78 is 6.94. The molecule has 0 fully saturated rings. The zero-order valence-corrected chi connectivity index (χ0v) is 34.0. The molecule has 6 heteroatoms. The van der Waals surface area contributed by atoms with E-state index in [2.05, 4.69) is 208 Å². The largest absolute Gasteiger partial charge is 0.309 e. The highest BCUT2D eigenvalue weighted by Crippen LogP contribution is 2.40. The van der Waals surface area contributed by atoms with Gasteiger partial charge < -0.3 is 9.13 Å². The Morgan fingerprint density at radius 2 is 0.810 bits per heavy atom. The second-order valence-electron chi connectivity index (χ2n) is 16.1. The summed E-state index contributed by atoms with van der Waals surface area (Å²) in [6, 6.07) is 75.3. The normalized spacial score (nSPS) is 11.8. The molecule has 0 saturated heterocycles.